The van der Waals surface area contributed by atoms with E-state index in [0.29, 0.717) is 0 Å². The van der Waals surface area contributed by atoms with Gasteiger partial charge < -0.3 is 10.4 Å². The van der Waals surface area contributed by atoms with Crippen LogP contribution in [0, 0.1) is 5.82 Å². The van der Waals surface area contributed by atoms with Gasteiger partial charge in [-0.25, -0.2) is 4.39 Å². The Hall–Kier alpha value is -1.23. The maximum Gasteiger partial charge on any atom is 0.123 e. The van der Waals surface area contributed by atoms with Gasteiger partial charge in [0.25, 0.3) is 0 Å². The van der Waals surface area contributed by atoms with Crippen LogP contribution in [-0.2, 0) is 6.42 Å². The fraction of sp³-hybridized carbons (Fsp3) is 0.375. The van der Waals surface area contributed by atoms with Crippen molar-refractivity contribution in [2.24, 2.45) is 0 Å². The molecule has 0 radical (unpaired) electrons. The highest BCUT2D eigenvalue weighted by molar-refractivity contribution is 7.07. The van der Waals surface area contributed by atoms with Gasteiger partial charge in [-0.15, -0.1) is 0 Å². The summed E-state index contributed by atoms with van der Waals surface area (Å²) in [6.45, 7) is 4.05. The van der Waals surface area contributed by atoms with Crippen LogP contribution >= 0.6 is 11.3 Å². The van der Waals surface area contributed by atoms with Crippen molar-refractivity contribution in [2.75, 3.05) is 0 Å². The molecule has 0 saturated heterocycles. The van der Waals surface area contributed by atoms with Gasteiger partial charge in [-0.05, 0) is 60.4 Å². The number of hydrogen-bond acceptors (Lipinski definition) is 3. The Morgan fingerprint density at radius 2 is 1.90 bits per heavy atom. The van der Waals surface area contributed by atoms with E-state index >= 15 is 0 Å². The highest BCUT2D eigenvalue weighted by atomic mass is 32.1. The van der Waals surface area contributed by atoms with Crippen molar-refractivity contribution in [2.45, 2.75) is 38.5 Å². The third-order valence-electron chi connectivity index (χ3n) is 3.35. The van der Waals surface area contributed by atoms with Crippen molar-refractivity contribution < 1.29 is 9.50 Å². The first-order valence-electron chi connectivity index (χ1n) is 6.77. The fourth-order valence-electron chi connectivity index (χ4n) is 2.31. The molecule has 1 heterocycles. The average molecular weight is 293 g/mol. The Balaban J connectivity index is 1.90. The van der Waals surface area contributed by atoms with Crippen LogP contribution in [0.25, 0.3) is 0 Å². The first-order valence-corrected chi connectivity index (χ1v) is 7.71. The third-order valence-corrected chi connectivity index (χ3v) is 4.09. The molecule has 1 aromatic carbocycles. The molecule has 0 aliphatic carbocycles. The summed E-state index contributed by atoms with van der Waals surface area (Å²) in [5, 5.41) is 17.9. The van der Waals surface area contributed by atoms with E-state index in [0.717, 1.165) is 12.0 Å². The minimum absolute atomic E-state index is 0.0888. The van der Waals surface area contributed by atoms with E-state index in [4.69, 9.17) is 0 Å². The second kappa shape index (κ2) is 6.97. The SMILES string of the molecule is CC(Cc1ccsc1)NC(C)C(O)c1ccc(F)cc1. The lowest BCUT2D eigenvalue weighted by molar-refractivity contribution is 0.130. The Morgan fingerprint density at radius 1 is 1.20 bits per heavy atom. The van der Waals surface area contributed by atoms with Crippen LogP contribution in [0.1, 0.15) is 31.1 Å². The second-order valence-corrected chi connectivity index (χ2v) is 5.97. The maximum absolute atomic E-state index is 12.9. The lowest BCUT2D eigenvalue weighted by atomic mass is 10.0. The van der Waals surface area contributed by atoms with Crippen molar-refractivity contribution in [1.82, 2.24) is 5.32 Å². The molecule has 0 spiro atoms. The predicted octanol–water partition coefficient (Wildman–Crippen LogP) is 3.53. The first kappa shape index (κ1) is 15.2. The lowest BCUT2D eigenvalue weighted by Crippen LogP contribution is -2.39. The number of aliphatic hydroxyl groups is 1. The molecule has 0 fully saturated rings. The van der Waals surface area contributed by atoms with E-state index in [9.17, 15) is 9.50 Å². The molecule has 2 rings (SSSR count). The van der Waals surface area contributed by atoms with E-state index in [1.54, 1.807) is 23.5 Å². The van der Waals surface area contributed by atoms with Crippen LogP contribution in [0.3, 0.4) is 0 Å². The monoisotopic (exact) mass is 293 g/mol. The molecule has 1 aromatic heterocycles. The van der Waals surface area contributed by atoms with Gasteiger partial charge in [-0.3, -0.25) is 0 Å². The van der Waals surface area contributed by atoms with Crippen LogP contribution < -0.4 is 5.32 Å². The summed E-state index contributed by atoms with van der Waals surface area (Å²) in [5.74, 6) is -0.285. The van der Waals surface area contributed by atoms with E-state index < -0.39 is 6.10 Å². The number of hydrogen-bond donors (Lipinski definition) is 2. The summed E-state index contributed by atoms with van der Waals surface area (Å²) < 4.78 is 12.9. The minimum atomic E-state index is -0.638. The molecule has 0 saturated carbocycles. The minimum Gasteiger partial charge on any atom is -0.387 e. The molecule has 0 amide bonds. The number of rotatable bonds is 6. The molecule has 108 valence electrons. The highest BCUT2D eigenvalue weighted by Crippen LogP contribution is 2.18. The molecule has 3 atom stereocenters. The number of nitrogens with one attached hydrogen (secondary N) is 1. The number of aliphatic hydroxyl groups excluding tert-OH is 1. The van der Waals surface area contributed by atoms with Gasteiger partial charge in [0.2, 0.25) is 0 Å². The molecule has 2 nitrogen and oxygen atoms in total. The Labute approximate surface area is 123 Å². The third kappa shape index (κ3) is 4.13. The smallest absolute Gasteiger partial charge is 0.123 e. The van der Waals surface area contributed by atoms with Crippen molar-refractivity contribution in [3.63, 3.8) is 0 Å². The zero-order valence-corrected chi connectivity index (χ0v) is 12.5. The molecule has 2 aromatic rings. The standard InChI is InChI=1S/C16H20FNOS/c1-11(9-13-7-8-20-10-13)18-12(2)16(19)14-3-5-15(17)6-4-14/h3-8,10-12,16,18-19H,9H2,1-2H3. The number of benzene rings is 1. The van der Waals surface area contributed by atoms with E-state index in [1.165, 1.54) is 17.7 Å². The van der Waals surface area contributed by atoms with E-state index in [1.807, 2.05) is 6.92 Å². The van der Waals surface area contributed by atoms with E-state index in [-0.39, 0.29) is 17.9 Å². The van der Waals surface area contributed by atoms with Gasteiger partial charge in [-0.2, -0.15) is 11.3 Å². The quantitative estimate of drug-likeness (QED) is 0.854. The number of halogens is 1. The van der Waals surface area contributed by atoms with Crippen molar-refractivity contribution in [3.05, 3.63) is 58.0 Å². The maximum atomic E-state index is 12.9. The summed E-state index contributed by atoms with van der Waals surface area (Å²) >= 11 is 1.69. The summed E-state index contributed by atoms with van der Waals surface area (Å²) in [5.41, 5.74) is 2.03. The van der Waals surface area contributed by atoms with Gasteiger partial charge in [0.05, 0.1) is 6.10 Å². The molecular formula is C16H20FNOS. The topological polar surface area (TPSA) is 32.3 Å². The molecule has 0 aliphatic rings. The zero-order valence-electron chi connectivity index (χ0n) is 11.7. The zero-order chi connectivity index (χ0) is 14.5. The summed E-state index contributed by atoms with van der Waals surface area (Å²) in [4.78, 5) is 0. The lowest BCUT2D eigenvalue weighted by Gasteiger charge is -2.24. The Morgan fingerprint density at radius 3 is 2.50 bits per heavy atom. The predicted molar refractivity (Wildman–Crippen MR) is 81.4 cm³/mol. The van der Waals surface area contributed by atoms with Crippen LogP contribution in [0.5, 0.6) is 0 Å². The van der Waals surface area contributed by atoms with Gasteiger partial charge in [0, 0.05) is 12.1 Å². The van der Waals surface area contributed by atoms with Gasteiger partial charge >= 0.3 is 0 Å². The van der Waals surface area contributed by atoms with Crippen molar-refractivity contribution in [1.29, 1.82) is 0 Å². The van der Waals surface area contributed by atoms with E-state index in [2.05, 4.69) is 29.1 Å². The molecule has 4 heteroatoms. The Bertz CT molecular complexity index is 512. The normalized spacial score (nSPS) is 15.8. The molecule has 2 N–H and O–H groups in total. The van der Waals surface area contributed by atoms with Gasteiger partial charge in [0.1, 0.15) is 5.82 Å². The van der Waals surface area contributed by atoms with Crippen LogP contribution in [-0.4, -0.2) is 17.2 Å². The average Bonchev–Trinajstić information content (AvgIpc) is 2.91. The summed E-state index contributed by atoms with van der Waals surface area (Å²) in [6, 6.07) is 8.30. The molecule has 0 bridgehead atoms. The van der Waals surface area contributed by atoms with Crippen molar-refractivity contribution >= 4 is 11.3 Å². The molecule has 0 aliphatic heterocycles. The van der Waals surface area contributed by atoms with Crippen LogP contribution in [0.15, 0.2) is 41.1 Å². The number of thiophene rings is 1. The summed E-state index contributed by atoms with van der Waals surface area (Å²) in [6.07, 6.45) is 0.296. The Kier molecular flexibility index (Phi) is 5.29. The molecule has 3 unspecified atom stereocenters. The van der Waals surface area contributed by atoms with Gasteiger partial charge in [-0.1, -0.05) is 12.1 Å². The molecule has 20 heavy (non-hydrogen) atoms. The molecular weight excluding hydrogens is 273 g/mol. The first-order chi connectivity index (χ1) is 9.56. The largest absolute Gasteiger partial charge is 0.387 e. The second-order valence-electron chi connectivity index (χ2n) is 5.19. The summed E-state index contributed by atoms with van der Waals surface area (Å²) in [7, 11) is 0. The van der Waals surface area contributed by atoms with Crippen molar-refractivity contribution in [3.8, 4) is 0 Å². The van der Waals surface area contributed by atoms with Crippen LogP contribution in [0.2, 0.25) is 0 Å². The highest BCUT2D eigenvalue weighted by Gasteiger charge is 2.18. The van der Waals surface area contributed by atoms with Gasteiger partial charge in [0.15, 0.2) is 0 Å². The fourth-order valence-corrected chi connectivity index (χ4v) is 2.99. The van der Waals surface area contributed by atoms with Crippen LogP contribution in [0.4, 0.5) is 4.39 Å².